The summed E-state index contributed by atoms with van der Waals surface area (Å²) < 4.78 is 1.84. The van der Waals surface area contributed by atoms with Crippen molar-refractivity contribution in [1.29, 1.82) is 0 Å². The SMILES string of the molecule is Cn1cnnc1CCNC(=O)c1cc(-c2ccncc2)nc2ccccc12. The first kappa shape index (κ1) is 16.8. The number of carbonyl (C=O) groups is 1. The first-order chi connectivity index (χ1) is 13.2. The Kier molecular flexibility index (Phi) is 4.57. The molecule has 1 N–H and O–H groups in total. The Labute approximate surface area is 156 Å². The Hall–Kier alpha value is -3.61. The largest absolute Gasteiger partial charge is 0.352 e. The zero-order chi connectivity index (χ0) is 18.6. The minimum atomic E-state index is -0.133. The van der Waals surface area contributed by atoms with Gasteiger partial charge in [0.1, 0.15) is 12.2 Å². The van der Waals surface area contributed by atoms with E-state index in [-0.39, 0.29) is 5.91 Å². The fourth-order valence-electron chi connectivity index (χ4n) is 2.95. The summed E-state index contributed by atoms with van der Waals surface area (Å²) >= 11 is 0. The summed E-state index contributed by atoms with van der Waals surface area (Å²) in [5.41, 5.74) is 3.05. The van der Waals surface area contributed by atoms with E-state index in [1.54, 1.807) is 18.7 Å². The summed E-state index contributed by atoms with van der Waals surface area (Å²) in [7, 11) is 1.88. The van der Waals surface area contributed by atoms with Gasteiger partial charge in [0, 0.05) is 43.4 Å². The lowest BCUT2D eigenvalue weighted by molar-refractivity contribution is 0.0955. The van der Waals surface area contributed by atoms with Crippen molar-refractivity contribution in [3.63, 3.8) is 0 Å². The second-order valence-electron chi connectivity index (χ2n) is 6.17. The molecule has 0 aliphatic carbocycles. The number of aromatic nitrogens is 5. The van der Waals surface area contributed by atoms with Crippen LogP contribution in [0, 0.1) is 0 Å². The minimum absolute atomic E-state index is 0.133. The maximum atomic E-state index is 12.9. The van der Waals surface area contributed by atoms with Gasteiger partial charge >= 0.3 is 0 Å². The number of hydrogen-bond acceptors (Lipinski definition) is 5. The lowest BCUT2D eigenvalue weighted by Crippen LogP contribution is -2.26. The van der Waals surface area contributed by atoms with E-state index in [2.05, 4.69) is 20.5 Å². The van der Waals surface area contributed by atoms with E-state index in [1.165, 1.54) is 0 Å². The normalized spacial score (nSPS) is 10.9. The van der Waals surface area contributed by atoms with Crippen LogP contribution in [-0.4, -0.2) is 37.2 Å². The maximum Gasteiger partial charge on any atom is 0.252 e. The van der Waals surface area contributed by atoms with E-state index >= 15 is 0 Å². The molecule has 134 valence electrons. The molecule has 0 aliphatic rings. The molecule has 0 aliphatic heterocycles. The van der Waals surface area contributed by atoms with Gasteiger partial charge in [-0.25, -0.2) is 4.98 Å². The summed E-state index contributed by atoms with van der Waals surface area (Å²) in [4.78, 5) is 21.6. The Morgan fingerprint density at radius 1 is 1.15 bits per heavy atom. The monoisotopic (exact) mass is 358 g/mol. The van der Waals surface area contributed by atoms with Crippen molar-refractivity contribution in [2.75, 3.05) is 6.54 Å². The highest BCUT2D eigenvalue weighted by Gasteiger charge is 2.14. The summed E-state index contributed by atoms with van der Waals surface area (Å²) in [6, 6.07) is 13.2. The Balaban J connectivity index is 1.63. The molecule has 4 rings (SSSR count). The number of carbonyl (C=O) groups excluding carboxylic acids is 1. The molecule has 0 spiro atoms. The molecule has 3 aromatic heterocycles. The van der Waals surface area contributed by atoms with Gasteiger partial charge in [-0.3, -0.25) is 9.78 Å². The predicted molar refractivity (Wildman–Crippen MR) is 102 cm³/mol. The number of hydrogen-bond donors (Lipinski definition) is 1. The number of nitrogens with zero attached hydrogens (tertiary/aromatic N) is 5. The molecule has 0 fully saturated rings. The van der Waals surface area contributed by atoms with Crippen LogP contribution in [0.25, 0.3) is 22.2 Å². The summed E-state index contributed by atoms with van der Waals surface area (Å²) in [6.07, 6.45) is 5.69. The van der Waals surface area contributed by atoms with E-state index in [0.29, 0.717) is 18.5 Å². The molecular weight excluding hydrogens is 340 g/mol. The fraction of sp³-hybridized carbons (Fsp3) is 0.150. The second kappa shape index (κ2) is 7.33. The molecule has 0 saturated heterocycles. The highest BCUT2D eigenvalue weighted by molar-refractivity contribution is 6.07. The third-order valence-electron chi connectivity index (χ3n) is 4.38. The van der Waals surface area contributed by atoms with Crippen LogP contribution in [-0.2, 0) is 13.5 Å². The van der Waals surface area contributed by atoms with Gasteiger partial charge in [0.15, 0.2) is 0 Å². The topological polar surface area (TPSA) is 85.6 Å². The number of fused-ring (bicyclic) bond motifs is 1. The van der Waals surface area contributed by atoms with Crippen molar-refractivity contribution in [1.82, 2.24) is 30.0 Å². The lowest BCUT2D eigenvalue weighted by atomic mass is 10.0. The van der Waals surface area contributed by atoms with E-state index in [1.807, 2.05) is 54.1 Å². The van der Waals surface area contributed by atoms with Crippen LogP contribution in [0.15, 0.2) is 61.2 Å². The smallest absolute Gasteiger partial charge is 0.252 e. The lowest BCUT2D eigenvalue weighted by Gasteiger charge is -2.10. The Morgan fingerprint density at radius 3 is 2.74 bits per heavy atom. The molecule has 3 heterocycles. The van der Waals surface area contributed by atoms with Crippen molar-refractivity contribution in [3.8, 4) is 11.3 Å². The molecule has 0 atom stereocenters. The Morgan fingerprint density at radius 2 is 1.96 bits per heavy atom. The molecule has 1 aromatic carbocycles. The molecular formula is C20H18N6O. The predicted octanol–water partition coefficient (Wildman–Crippen LogP) is 2.40. The van der Waals surface area contributed by atoms with Crippen LogP contribution in [0.4, 0.5) is 0 Å². The summed E-state index contributed by atoms with van der Waals surface area (Å²) in [5.74, 6) is 0.693. The van der Waals surface area contributed by atoms with E-state index in [9.17, 15) is 4.79 Å². The molecule has 27 heavy (non-hydrogen) atoms. The number of aryl methyl sites for hydroxylation is 1. The molecule has 0 saturated carbocycles. The third kappa shape index (κ3) is 3.52. The fourth-order valence-corrected chi connectivity index (χ4v) is 2.95. The molecule has 7 heteroatoms. The zero-order valence-electron chi connectivity index (χ0n) is 14.8. The van der Waals surface area contributed by atoms with Gasteiger partial charge in [0.05, 0.1) is 16.8 Å². The molecule has 0 unspecified atom stereocenters. The molecule has 1 amide bonds. The van der Waals surface area contributed by atoms with Crippen molar-refractivity contribution in [2.45, 2.75) is 6.42 Å². The van der Waals surface area contributed by atoms with Crippen LogP contribution in [0.5, 0.6) is 0 Å². The number of nitrogens with one attached hydrogen (secondary N) is 1. The van der Waals surface area contributed by atoms with Crippen molar-refractivity contribution in [2.24, 2.45) is 7.05 Å². The minimum Gasteiger partial charge on any atom is -0.352 e. The van der Waals surface area contributed by atoms with Crippen LogP contribution < -0.4 is 5.32 Å². The molecule has 0 radical (unpaired) electrons. The number of pyridine rings is 2. The van der Waals surface area contributed by atoms with Crippen LogP contribution >= 0.6 is 0 Å². The van der Waals surface area contributed by atoms with E-state index in [0.717, 1.165) is 28.0 Å². The standard InChI is InChI=1S/C20H18N6O/c1-26-13-23-25-19(26)8-11-22-20(27)16-12-18(14-6-9-21-10-7-14)24-17-5-3-2-4-15(16)17/h2-7,9-10,12-13H,8,11H2,1H3,(H,22,27). The highest BCUT2D eigenvalue weighted by Crippen LogP contribution is 2.24. The molecule has 7 nitrogen and oxygen atoms in total. The van der Waals surface area contributed by atoms with E-state index in [4.69, 9.17) is 4.98 Å². The first-order valence-electron chi connectivity index (χ1n) is 8.63. The zero-order valence-corrected chi connectivity index (χ0v) is 14.8. The van der Waals surface area contributed by atoms with Gasteiger partial charge < -0.3 is 9.88 Å². The molecule has 4 aromatic rings. The number of benzene rings is 1. The van der Waals surface area contributed by atoms with Crippen LogP contribution in [0.3, 0.4) is 0 Å². The van der Waals surface area contributed by atoms with Crippen molar-refractivity contribution in [3.05, 3.63) is 72.6 Å². The van der Waals surface area contributed by atoms with Gasteiger partial charge in [-0.15, -0.1) is 10.2 Å². The van der Waals surface area contributed by atoms with Gasteiger partial charge in [0.25, 0.3) is 5.91 Å². The second-order valence-corrected chi connectivity index (χ2v) is 6.17. The number of para-hydroxylation sites is 1. The van der Waals surface area contributed by atoms with Crippen molar-refractivity contribution < 1.29 is 4.79 Å². The van der Waals surface area contributed by atoms with Crippen LogP contribution in [0.2, 0.25) is 0 Å². The van der Waals surface area contributed by atoms with Gasteiger partial charge in [-0.2, -0.15) is 0 Å². The third-order valence-corrected chi connectivity index (χ3v) is 4.38. The van der Waals surface area contributed by atoms with Gasteiger partial charge in [0.2, 0.25) is 0 Å². The first-order valence-corrected chi connectivity index (χ1v) is 8.63. The average molecular weight is 358 g/mol. The number of rotatable bonds is 5. The van der Waals surface area contributed by atoms with Crippen LogP contribution in [0.1, 0.15) is 16.2 Å². The van der Waals surface area contributed by atoms with E-state index < -0.39 is 0 Å². The Bertz CT molecular complexity index is 1090. The van der Waals surface area contributed by atoms with Crippen molar-refractivity contribution >= 4 is 16.8 Å². The van der Waals surface area contributed by atoms with Gasteiger partial charge in [-0.1, -0.05) is 18.2 Å². The molecule has 0 bridgehead atoms. The maximum absolute atomic E-state index is 12.9. The number of amides is 1. The average Bonchev–Trinajstić information content (AvgIpc) is 3.12. The summed E-state index contributed by atoms with van der Waals surface area (Å²) in [6.45, 7) is 0.479. The quantitative estimate of drug-likeness (QED) is 0.592. The van der Waals surface area contributed by atoms with Gasteiger partial charge in [-0.05, 0) is 24.3 Å². The summed E-state index contributed by atoms with van der Waals surface area (Å²) in [5, 5.41) is 11.7. The highest BCUT2D eigenvalue weighted by atomic mass is 16.1.